The summed E-state index contributed by atoms with van der Waals surface area (Å²) in [5.41, 5.74) is -5.65. The Morgan fingerprint density at radius 2 is 1.96 bits per heavy atom. The van der Waals surface area contributed by atoms with Crippen LogP contribution in [0.15, 0.2) is 36.4 Å². The van der Waals surface area contributed by atoms with Crippen molar-refractivity contribution < 1.29 is 30.6 Å². The molecule has 0 aliphatic carbocycles. The average molecular weight is 385 g/mol. The van der Waals surface area contributed by atoms with Gasteiger partial charge in [0.15, 0.2) is 5.75 Å². The van der Waals surface area contributed by atoms with Crippen molar-refractivity contribution in [3.63, 3.8) is 0 Å². The topological polar surface area (TPSA) is 109 Å². The number of halogens is 3. The molecule has 1 aromatic carbocycles. The van der Waals surface area contributed by atoms with Crippen molar-refractivity contribution in [2.45, 2.75) is 12.4 Å². The first-order chi connectivity index (χ1) is 12.0. The molecule has 7 nitrogen and oxygen atoms in total. The highest BCUT2D eigenvalue weighted by atomic mass is 32.2. The van der Waals surface area contributed by atoms with E-state index < -0.39 is 32.8 Å². The molecule has 0 aliphatic rings. The molecule has 0 saturated heterocycles. The molecule has 1 amide bonds. The molecule has 0 spiro atoms. The molecule has 1 heterocycles. The molecule has 0 aliphatic heterocycles. The highest BCUT2D eigenvalue weighted by molar-refractivity contribution is 7.88. The molecule has 0 fully saturated rings. The molecular formula is C15H10F3N3O4S. The highest BCUT2D eigenvalue weighted by Gasteiger charge is 2.48. The minimum Gasteiger partial charge on any atom is -0.375 e. The molecule has 11 heteroatoms. The van der Waals surface area contributed by atoms with Gasteiger partial charge < -0.3 is 9.50 Å². The van der Waals surface area contributed by atoms with Crippen LogP contribution < -0.4 is 9.50 Å². The Morgan fingerprint density at radius 1 is 1.27 bits per heavy atom. The second-order valence-electron chi connectivity index (χ2n) is 4.92. The lowest BCUT2D eigenvalue weighted by Gasteiger charge is -2.11. The van der Waals surface area contributed by atoms with Gasteiger partial charge in [-0.3, -0.25) is 4.79 Å². The van der Waals surface area contributed by atoms with E-state index in [1.54, 1.807) is 19.1 Å². The highest BCUT2D eigenvalue weighted by Crippen LogP contribution is 2.29. The van der Waals surface area contributed by atoms with Crippen LogP contribution in [0.2, 0.25) is 0 Å². The summed E-state index contributed by atoms with van der Waals surface area (Å²) in [4.78, 5) is 16.2. The number of anilines is 1. The number of amides is 1. The largest absolute Gasteiger partial charge is 0.534 e. The minimum atomic E-state index is -5.93. The zero-order chi connectivity index (χ0) is 19.5. The van der Waals surface area contributed by atoms with Gasteiger partial charge in [-0.2, -0.15) is 26.9 Å². The summed E-state index contributed by atoms with van der Waals surface area (Å²) < 4.78 is 63.1. The number of benzene rings is 1. The number of nitrogens with zero attached hydrogens (tertiary/aromatic N) is 2. The zero-order valence-electron chi connectivity index (χ0n) is 13.0. The lowest BCUT2D eigenvalue weighted by molar-refractivity contribution is -0.0500. The van der Waals surface area contributed by atoms with Gasteiger partial charge in [0.1, 0.15) is 11.9 Å². The Kier molecular flexibility index (Phi) is 5.17. The standard InChI is InChI=1S/C15H10F3N3O4S/c1-9-3-2-4-13(20-9)21-14(22)10-5-6-12(11(7-10)8-19)25-26(23,24)15(16,17)18/h2-7H,1H3,(H,20,21,22). The van der Waals surface area contributed by atoms with E-state index in [1.165, 1.54) is 12.1 Å². The number of hydrogen-bond donors (Lipinski definition) is 1. The second-order valence-corrected chi connectivity index (χ2v) is 6.46. The molecule has 2 rings (SSSR count). The normalized spacial score (nSPS) is 11.5. The molecule has 136 valence electrons. The maximum absolute atomic E-state index is 12.4. The van der Waals surface area contributed by atoms with Gasteiger partial charge in [0.2, 0.25) is 0 Å². The fraction of sp³-hybridized carbons (Fsp3) is 0.133. The van der Waals surface area contributed by atoms with Gasteiger partial charge in [0.05, 0.1) is 5.56 Å². The maximum Gasteiger partial charge on any atom is 0.534 e. The summed E-state index contributed by atoms with van der Waals surface area (Å²) in [5, 5.41) is 11.4. The van der Waals surface area contributed by atoms with Crippen molar-refractivity contribution in [3.05, 3.63) is 53.2 Å². The van der Waals surface area contributed by atoms with Crippen molar-refractivity contribution in [3.8, 4) is 11.8 Å². The predicted octanol–water partition coefficient (Wildman–Crippen LogP) is 2.74. The number of alkyl halides is 3. The summed E-state index contributed by atoms with van der Waals surface area (Å²) in [6, 6.07) is 9.08. The van der Waals surface area contributed by atoms with Crippen molar-refractivity contribution in [2.75, 3.05) is 5.32 Å². The van der Waals surface area contributed by atoms with E-state index in [9.17, 15) is 26.4 Å². The molecule has 0 saturated carbocycles. The van der Waals surface area contributed by atoms with E-state index in [4.69, 9.17) is 5.26 Å². The first kappa shape index (κ1) is 19.2. The van der Waals surface area contributed by atoms with Crippen LogP contribution in [0.4, 0.5) is 19.0 Å². The summed E-state index contributed by atoms with van der Waals surface area (Å²) in [5.74, 6) is -1.30. The Labute approximate surface area is 146 Å². The minimum absolute atomic E-state index is 0.0957. The van der Waals surface area contributed by atoms with Crippen LogP contribution in [0.5, 0.6) is 5.75 Å². The summed E-state index contributed by atoms with van der Waals surface area (Å²) >= 11 is 0. The van der Waals surface area contributed by atoms with Crippen LogP contribution in [-0.2, 0) is 10.1 Å². The summed E-state index contributed by atoms with van der Waals surface area (Å²) in [6.45, 7) is 1.71. The van der Waals surface area contributed by atoms with Gasteiger partial charge >= 0.3 is 15.6 Å². The van der Waals surface area contributed by atoms with Crippen molar-refractivity contribution in [1.82, 2.24) is 4.98 Å². The Bertz CT molecular complexity index is 998. The molecule has 26 heavy (non-hydrogen) atoms. The van der Waals surface area contributed by atoms with Gasteiger partial charge in [0.25, 0.3) is 5.91 Å². The van der Waals surface area contributed by atoms with Gasteiger partial charge in [0, 0.05) is 11.3 Å². The maximum atomic E-state index is 12.4. The van der Waals surface area contributed by atoms with Crippen molar-refractivity contribution in [2.24, 2.45) is 0 Å². The predicted molar refractivity (Wildman–Crippen MR) is 83.7 cm³/mol. The third-order valence-corrected chi connectivity index (χ3v) is 3.94. The molecule has 1 N–H and O–H groups in total. The Balaban J connectivity index is 2.28. The van der Waals surface area contributed by atoms with Crippen LogP contribution in [-0.4, -0.2) is 24.8 Å². The van der Waals surface area contributed by atoms with E-state index in [0.29, 0.717) is 5.69 Å². The van der Waals surface area contributed by atoms with Gasteiger partial charge in [-0.15, -0.1) is 0 Å². The number of hydrogen-bond acceptors (Lipinski definition) is 6. The van der Waals surface area contributed by atoms with Gasteiger partial charge in [-0.05, 0) is 37.3 Å². The SMILES string of the molecule is Cc1cccc(NC(=O)c2ccc(OS(=O)(=O)C(F)(F)F)c(C#N)c2)n1. The first-order valence-electron chi connectivity index (χ1n) is 6.83. The van der Waals surface area contributed by atoms with Crippen molar-refractivity contribution >= 4 is 21.8 Å². The van der Waals surface area contributed by atoms with Crippen LogP contribution in [0.1, 0.15) is 21.6 Å². The van der Waals surface area contributed by atoms with Crippen LogP contribution >= 0.6 is 0 Å². The third kappa shape index (κ3) is 4.28. The van der Waals surface area contributed by atoms with Gasteiger partial charge in [-0.1, -0.05) is 6.07 Å². The van der Waals surface area contributed by atoms with Crippen LogP contribution in [0, 0.1) is 18.3 Å². The number of rotatable bonds is 4. The molecule has 0 radical (unpaired) electrons. The van der Waals surface area contributed by atoms with E-state index in [2.05, 4.69) is 14.5 Å². The van der Waals surface area contributed by atoms with E-state index in [0.717, 1.165) is 18.2 Å². The lowest BCUT2D eigenvalue weighted by atomic mass is 10.1. The van der Waals surface area contributed by atoms with Crippen LogP contribution in [0.25, 0.3) is 0 Å². The monoisotopic (exact) mass is 385 g/mol. The molecular weight excluding hydrogens is 375 g/mol. The fourth-order valence-corrected chi connectivity index (χ4v) is 2.27. The lowest BCUT2D eigenvalue weighted by Crippen LogP contribution is -2.28. The zero-order valence-corrected chi connectivity index (χ0v) is 13.9. The third-order valence-electron chi connectivity index (χ3n) is 2.98. The quantitative estimate of drug-likeness (QED) is 0.640. The number of aryl methyl sites for hydroxylation is 1. The molecule has 0 atom stereocenters. The second kappa shape index (κ2) is 7.01. The average Bonchev–Trinajstić information content (AvgIpc) is 2.53. The molecule has 2 aromatic rings. The number of carbonyl (C=O) groups is 1. The summed E-state index contributed by atoms with van der Waals surface area (Å²) in [7, 11) is -5.93. The Hall–Kier alpha value is -3.13. The van der Waals surface area contributed by atoms with E-state index >= 15 is 0 Å². The number of nitrogens with one attached hydrogen (secondary N) is 1. The molecule has 0 unspecified atom stereocenters. The smallest absolute Gasteiger partial charge is 0.375 e. The van der Waals surface area contributed by atoms with E-state index in [1.807, 2.05) is 0 Å². The number of carbonyl (C=O) groups excluding carboxylic acids is 1. The molecule has 0 bridgehead atoms. The van der Waals surface area contributed by atoms with E-state index in [-0.39, 0.29) is 11.4 Å². The molecule has 1 aromatic heterocycles. The first-order valence-corrected chi connectivity index (χ1v) is 8.24. The summed E-state index contributed by atoms with van der Waals surface area (Å²) in [6.07, 6.45) is 0. The van der Waals surface area contributed by atoms with Gasteiger partial charge in [-0.25, -0.2) is 4.98 Å². The Morgan fingerprint density at radius 3 is 2.54 bits per heavy atom. The number of nitriles is 1. The van der Waals surface area contributed by atoms with Crippen LogP contribution in [0.3, 0.4) is 0 Å². The fourth-order valence-electron chi connectivity index (χ4n) is 1.80. The number of pyridine rings is 1. The number of aromatic nitrogens is 1. The van der Waals surface area contributed by atoms with Crippen molar-refractivity contribution in [1.29, 1.82) is 5.26 Å².